The number of halogens is 1. The third-order valence-electron chi connectivity index (χ3n) is 2.78. The molecule has 0 fully saturated rings. The second-order valence-corrected chi connectivity index (χ2v) is 5.21. The van der Waals surface area contributed by atoms with E-state index in [2.05, 4.69) is 19.1 Å². The first-order valence-electron chi connectivity index (χ1n) is 5.93. The maximum atomic E-state index is 13.8. The lowest BCUT2D eigenvalue weighted by Crippen LogP contribution is -2.05. The van der Waals surface area contributed by atoms with Crippen LogP contribution in [0, 0.1) is 12.7 Å². The van der Waals surface area contributed by atoms with Crippen molar-refractivity contribution >= 4 is 11.8 Å². The summed E-state index contributed by atoms with van der Waals surface area (Å²) in [4.78, 5) is 2.11. The molecule has 1 nitrogen and oxygen atoms in total. The van der Waals surface area contributed by atoms with E-state index in [0.29, 0.717) is 18.5 Å². The van der Waals surface area contributed by atoms with Crippen LogP contribution in [0.25, 0.3) is 0 Å². The van der Waals surface area contributed by atoms with Gasteiger partial charge in [0, 0.05) is 15.4 Å². The molecule has 0 aliphatic carbocycles. The Labute approximate surface area is 111 Å². The fourth-order valence-electron chi connectivity index (χ4n) is 1.81. The van der Waals surface area contributed by atoms with Gasteiger partial charge in [-0.2, -0.15) is 0 Å². The van der Waals surface area contributed by atoms with Gasteiger partial charge in [-0.1, -0.05) is 36.0 Å². The number of benzene rings is 2. The first-order valence-corrected chi connectivity index (χ1v) is 6.75. The van der Waals surface area contributed by atoms with Crippen molar-refractivity contribution < 1.29 is 4.39 Å². The van der Waals surface area contributed by atoms with Crippen molar-refractivity contribution in [3.63, 3.8) is 0 Å². The summed E-state index contributed by atoms with van der Waals surface area (Å²) in [6.07, 6.45) is 0.570. The van der Waals surface area contributed by atoms with Crippen molar-refractivity contribution in [3.05, 3.63) is 59.4 Å². The number of hydrogen-bond donors (Lipinski definition) is 1. The van der Waals surface area contributed by atoms with Gasteiger partial charge in [0.05, 0.1) is 0 Å². The fraction of sp³-hybridized carbons (Fsp3) is 0.200. The summed E-state index contributed by atoms with van der Waals surface area (Å²) in [6, 6.07) is 13.3. The minimum absolute atomic E-state index is 0.168. The van der Waals surface area contributed by atoms with Gasteiger partial charge in [-0.05, 0) is 43.7 Å². The molecule has 0 aromatic heterocycles. The lowest BCUT2D eigenvalue weighted by atomic mass is 10.1. The number of hydrogen-bond acceptors (Lipinski definition) is 2. The van der Waals surface area contributed by atoms with Crippen LogP contribution in [0.1, 0.15) is 11.1 Å². The Balaban J connectivity index is 2.34. The van der Waals surface area contributed by atoms with Crippen molar-refractivity contribution in [3.8, 4) is 0 Å². The summed E-state index contributed by atoms with van der Waals surface area (Å²) in [7, 11) is 0. The van der Waals surface area contributed by atoms with Gasteiger partial charge in [0.2, 0.25) is 0 Å². The van der Waals surface area contributed by atoms with E-state index >= 15 is 0 Å². The molecule has 0 radical (unpaired) electrons. The summed E-state index contributed by atoms with van der Waals surface area (Å²) in [5, 5.41) is 0. The van der Waals surface area contributed by atoms with Gasteiger partial charge < -0.3 is 5.73 Å². The van der Waals surface area contributed by atoms with E-state index in [1.807, 2.05) is 18.2 Å². The number of aryl methyl sites for hydroxylation is 1. The lowest BCUT2D eigenvalue weighted by Gasteiger charge is -2.10. The zero-order valence-electron chi connectivity index (χ0n) is 10.3. The molecule has 0 bridgehead atoms. The molecule has 3 heteroatoms. The average Bonchev–Trinajstić information content (AvgIpc) is 2.36. The molecule has 2 aromatic carbocycles. The number of nitrogens with two attached hydrogens (primary N) is 1. The van der Waals surface area contributed by atoms with E-state index < -0.39 is 0 Å². The SMILES string of the molecule is Cc1ccccc1Sc1cccc(F)c1CCN. The Hall–Kier alpha value is -1.32. The van der Waals surface area contributed by atoms with Crippen molar-refractivity contribution in [1.82, 2.24) is 0 Å². The zero-order valence-corrected chi connectivity index (χ0v) is 11.1. The summed E-state index contributed by atoms with van der Waals surface area (Å²) < 4.78 is 13.8. The smallest absolute Gasteiger partial charge is 0.127 e. The highest BCUT2D eigenvalue weighted by Crippen LogP contribution is 2.33. The molecule has 0 saturated carbocycles. The molecule has 0 atom stereocenters. The molecule has 0 unspecified atom stereocenters. The van der Waals surface area contributed by atoms with Crippen molar-refractivity contribution in [2.24, 2.45) is 5.73 Å². The van der Waals surface area contributed by atoms with E-state index in [-0.39, 0.29) is 5.82 Å². The third-order valence-corrected chi connectivity index (χ3v) is 4.06. The molecule has 0 aliphatic rings. The molecule has 0 aliphatic heterocycles. The van der Waals surface area contributed by atoms with Crippen LogP contribution in [0.2, 0.25) is 0 Å². The maximum Gasteiger partial charge on any atom is 0.127 e. The average molecular weight is 261 g/mol. The quantitative estimate of drug-likeness (QED) is 0.906. The van der Waals surface area contributed by atoms with E-state index in [1.165, 1.54) is 11.6 Å². The standard InChI is InChI=1S/C15H16FNS/c1-11-5-2-3-7-14(11)18-15-8-4-6-13(16)12(15)9-10-17/h2-8H,9-10,17H2,1H3. The van der Waals surface area contributed by atoms with Crippen molar-refractivity contribution in [1.29, 1.82) is 0 Å². The lowest BCUT2D eigenvalue weighted by molar-refractivity contribution is 0.603. The molecule has 2 rings (SSSR count). The maximum absolute atomic E-state index is 13.8. The van der Waals surface area contributed by atoms with Crippen LogP contribution in [0.4, 0.5) is 4.39 Å². The zero-order chi connectivity index (χ0) is 13.0. The molecule has 2 N–H and O–H groups in total. The Bertz CT molecular complexity index is 540. The Morgan fingerprint density at radius 1 is 1.06 bits per heavy atom. The third kappa shape index (κ3) is 2.92. The minimum Gasteiger partial charge on any atom is -0.330 e. The van der Waals surface area contributed by atoms with Crippen LogP contribution < -0.4 is 5.73 Å². The molecule has 18 heavy (non-hydrogen) atoms. The second-order valence-electron chi connectivity index (χ2n) is 4.12. The predicted molar refractivity (Wildman–Crippen MR) is 74.5 cm³/mol. The largest absolute Gasteiger partial charge is 0.330 e. The van der Waals surface area contributed by atoms with Gasteiger partial charge >= 0.3 is 0 Å². The molecule has 0 heterocycles. The first-order chi connectivity index (χ1) is 8.72. The highest BCUT2D eigenvalue weighted by Gasteiger charge is 2.09. The minimum atomic E-state index is -0.168. The van der Waals surface area contributed by atoms with Crippen LogP contribution in [-0.4, -0.2) is 6.54 Å². The Morgan fingerprint density at radius 3 is 2.50 bits per heavy atom. The van der Waals surface area contributed by atoms with E-state index in [4.69, 9.17) is 5.73 Å². The highest BCUT2D eigenvalue weighted by atomic mass is 32.2. The van der Waals surface area contributed by atoms with Crippen LogP contribution in [0.15, 0.2) is 52.3 Å². The summed E-state index contributed by atoms with van der Waals surface area (Å²) in [6.45, 7) is 2.52. The van der Waals surface area contributed by atoms with Crippen LogP contribution in [-0.2, 0) is 6.42 Å². The van der Waals surface area contributed by atoms with Gasteiger partial charge in [-0.3, -0.25) is 0 Å². The topological polar surface area (TPSA) is 26.0 Å². The Kier molecular flexibility index (Phi) is 4.39. The molecule has 0 amide bonds. The van der Waals surface area contributed by atoms with Crippen LogP contribution in [0.5, 0.6) is 0 Å². The molecule has 2 aromatic rings. The van der Waals surface area contributed by atoms with E-state index in [9.17, 15) is 4.39 Å². The Morgan fingerprint density at radius 2 is 1.78 bits per heavy atom. The van der Waals surface area contributed by atoms with Crippen LogP contribution >= 0.6 is 11.8 Å². The second kappa shape index (κ2) is 6.03. The molecular weight excluding hydrogens is 245 g/mol. The van der Waals surface area contributed by atoms with Gasteiger partial charge in [0.1, 0.15) is 5.82 Å². The summed E-state index contributed by atoms with van der Waals surface area (Å²) >= 11 is 1.60. The fourth-order valence-corrected chi connectivity index (χ4v) is 2.89. The van der Waals surface area contributed by atoms with Gasteiger partial charge in [0.15, 0.2) is 0 Å². The molecule has 94 valence electrons. The van der Waals surface area contributed by atoms with E-state index in [1.54, 1.807) is 17.8 Å². The first kappa shape index (κ1) is 13.1. The van der Waals surface area contributed by atoms with Gasteiger partial charge in [-0.25, -0.2) is 4.39 Å². The van der Waals surface area contributed by atoms with Crippen LogP contribution in [0.3, 0.4) is 0 Å². The summed E-state index contributed by atoms with van der Waals surface area (Å²) in [5.74, 6) is -0.168. The van der Waals surface area contributed by atoms with E-state index in [0.717, 1.165) is 9.79 Å². The van der Waals surface area contributed by atoms with Gasteiger partial charge in [0.25, 0.3) is 0 Å². The molecule has 0 saturated heterocycles. The van der Waals surface area contributed by atoms with Gasteiger partial charge in [-0.15, -0.1) is 0 Å². The monoisotopic (exact) mass is 261 g/mol. The molecular formula is C15H16FNS. The summed E-state index contributed by atoms with van der Waals surface area (Å²) in [5.41, 5.74) is 7.46. The van der Waals surface area contributed by atoms with Crippen molar-refractivity contribution in [2.75, 3.05) is 6.54 Å². The predicted octanol–water partition coefficient (Wildman–Crippen LogP) is 3.79. The number of rotatable bonds is 4. The normalized spacial score (nSPS) is 10.6. The van der Waals surface area contributed by atoms with Crippen molar-refractivity contribution in [2.45, 2.75) is 23.1 Å². The molecule has 0 spiro atoms. The highest BCUT2D eigenvalue weighted by molar-refractivity contribution is 7.99.